The van der Waals surface area contributed by atoms with Gasteiger partial charge in [-0.25, -0.2) is 4.98 Å². The fourth-order valence-electron chi connectivity index (χ4n) is 2.11. The summed E-state index contributed by atoms with van der Waals surface area (Å²) >= 11 is 0. The molecule has 1 aromatic carbocycles. The van der Waals surface area contributed by atoms with Crippen molar-refractivity contribution in [1.82, 2.24) is 9.55 Å². The summed E-state index contributed by atoms with van der Waals surface area (Å²) in [5.41, 5.74) is 12.0. The van der Waals surface area contributed by atoms with Crippen LogP contribution in [-0.4, -0.2) is 9.55 Å². The number of nitrogens with two attached hydrogens (primary N) is 1. The van der Waals surface area contributed by atoms with Crippen molar-refractivity contribution in [2.45, 2.75) is 27.2 Å². The number of hydrogen-bond donors (Lipinski definition) is 1. The fourth-order valence-corrected chi connectivity index (χ4v) is 2.11. The number of rotatable bonds is 2. The molecule has 0 amide bonds. The van der Waals surface area contributed by atoms with Crippen LogP contribution in [0.3, 0.4) is 0 Å². The van der Waals surface area contributed by atoms with Gasteiger partial charge in [-0.3, -0.25) is 0 Å². The number of hydrogen-bond acceptors (Lipinski definition) is 2. The third-order valence-electron chi connectivity index (χ3n) is 3.31. The topological polar surface area (TPSA) is 43.8 Å². The highest BCUT2D eigenvalue weighted by Gasteiger charge is 2.10. The third kappa shape index (κ3) is 2.18. The highest BCUT2D eigenvalue weighted by molar-refractivity contribution is 5.37. The van der Waals surface area contributed by atoms with Crippen LogP contribution < -0.4 is 5.73 Å². The molecular formula is C14H19N3. The van der Waals surface area contributed by atoms with Gasteiger partial charge in [0.2, 0.25) is 0 Å². The first kappa shape index (κ1) is 11.7. The highest BCUT2D eigenvalue weighted by atomic mass is 15.1. The van der Waals surface area contributed by atoms with E-state index in [0.29, 0.717) is 5.95 Å². The molecule has 0 saturated carbocycles. The molecule has 2 aromatic rings. The highest BCUT2D eigenvalue weighted by Crippen LogP contribution is 2.19. The van der Waals surface area contributed by atoms with Gasteiger partial charge in [-0.2, -0.15) is 0 Å². The number of aryl methyl sites for hydroxylation is 3. The molecule has 0 aliphatic rings. The number of aromatic nitrogens is 2. The van der Waals surface area contributed by atoms with E-state index in [1.54, 1.807) is 0 Å². The van der Waals surface area contributed by atoms with Crippen LogP contribution >= 0.6 is 0 Å². The smallest absolute Gasteiger partial charge is 0.200 e. The lowest BCUT2D eigenvalue weighted by Crippen LogP contribution is -2.03. The van der Waals surface area contributed by atoms with Crippen LogP contribution in [0.4, 0.5) is 5.95 Å². The SMILES string of the molecule is Cc1ccc(C)c(Cc2c(C)nc(N)n2C)c1. The van der Waals surface area contributed by atoms with Crippen molar-refractivity contribution in [2.24, 2.45) is 7.05 Å². The molecule has 0 unspecified atom stereocenters. The number of nitrogens with zero attached hydrogens (tertiary/aromatic N) is 2. The van der Waals surface area contributed by atoms with Gasteiger partial charge in [-0.05, 0) is 31.9 Å². The normalized spacial score (nSPS) is 10.8. The molecule has 0 aliphatic heterocycles. The summed E-state index contributed by atoms with van der Waals surface area (Å²) in [7, 11) is 1.97. The van der Waals surface area contributed by atoms with E-state index in [9.17, 15) is 0 Å². The van der Waals surface area contributed by atoms with Crippen molar-refractivity contribution >= 4 is 5.95 Å². The van der Waals surface area contributed by atoms with E-state index < -0.39 is 0 Å². The lowest BCUT2D eigenvalue weighted by Gasteiger charge is -2.09. The molecule has 2 N–H and O–H groups in total. The van der Waals surface area contributed by atoms with Gasteiger partial charge in [0.1, 0.15) is 0 Å². The number of imidazole rings is 1. The van der Waals surface area contributed by atoms with Crippen LogP contribution in [-0.2, 0) is 13.5 Å². The maximum absolute atomic E-state index is 5.81. The Morgan fingerprint density at radius 3 is 2.53 bits per heavy atom. The molecule has 0 bridgehead atoms. The molecule has 17 heavy (non-hydrogen) atoms. The fraction of sp³-hybridized carbons (Fsp3) is 0.357. The zero-order valence-corrected chi connectivity index (χ0v) is 10.9. The molecule has 0 atom stereocenters. The molecule has 0 spiro atoms. The largest absolute Gasteiger partial charge is 0.369 e. The Labute approximate surface area is 102 Å². The Balaban J connectivity index is 2.41. The van der Waals surface area contributed by atoms with Crippen LogP contribution in [0, 0.1) is 20.8 Å². The summed E-state index contributed by atoms with van der Waals surface area (Å²) < 4.78 is 1.97. The summed E-state index contributed by atoms with van der Waals surface area (Å²) in [5.74, 6) is 0.586. The minimum Gasteiger partial charge on any atom is -0.369 e. The first-order valence-corrected chi connectivity index (χ1v) is 5.83. The van der Waals surface area contributed by atoms with Gasteiger partial charge in [0.25, 0.3) is 0 Å². The van der Waals surface area contributed by atoms with E-state index in [0.717, 1.165) is 12.1 Å². The monoisotopic (exact) mass is 229 g/mol. The van der Waals surface area contributed by atoms with E-state index in [2.05, 4.69) is 37.0 Å². The minimum absolute atomic E-state index is 0.586. The van der Waals surface area contributed by atoms with Crippen LogP contribution in [0.15, 0.2) is 18.2 Å². The molecule has 3 nitrogen and oxygen atoms in total. The molecule has 2 rings (SSSR count). The second-order valence-electron chi connectivity index (χ2n) is 4.67. The lowest BCUT2D eigenvalue weighted by atomic mass is 10.0. The lowest BCUT2D eigenvalue weighted by molar-refractivity contribution is 0.850. The second kappa shape index (κ2) is 4.24. The number of anilines is 1. The van der Waals surface area contributed by atoms with E-state index in [1.807, 2.05) is 18.5 Å². The van der Waals surface area contributed by atoms with Gasteiger partial charge in [0.05, 0.1) is 5.69 Å². The van der Waals surface area contributed by atoms with Gasteiger partial charge in [0.15, 0.2) is 5.95 Å². The molecular weight excluding hydrogens is 210 g/mol. The standard InChI is InChI=1S/C14H19N3/c1-9-5-6-10(2)12(7-9)8-13-11(3)16-14(15)17(13)4/h5-7H,8H2,1-4H3,(H2,15,16). The van der Waals surface area contributed by atoms with Crippen molar-refractivity contribution in [2.75, 3.05) is 5.73 Å². The third-order valence-corrected chi connectivity index (χ3v) is 3.31. The van der Waals surface area contributed by atoms with Crippen molar-refractivity contribution in [1.29, 1.82) is 0 Å². The zero-order valence-electron chi connectivity index (χ0n) is 10.9. The summed E-state index contributed by atoms with van der Waals surface area (Å²) in [4.78, 5) is 4.30. The van der Waals surface area contributed by atoms with E-state index in [1.165, 1.54) is 22.4 Å². The summed E-state index contributed by atoms with van der Waals surface area (Å²) in [6, 6.07) is 6.54. The average molecular weight is 229 g/mol. The Morgan fingerprint density at radius 1 is 1.24 bits per heavy atom. The first-order valence-electron chi connectivity index (χ1n) is 5.83. The molecule has 0 radical (unpaired) electrons. The molecule has 3 heteroatoms. The van der Waals surface area contributed by atoms with Crippen molar-refractivity contribution in [3.05, 3.63) is 46.3 Å². The summed E-state index contributed by atoms with van der Waals surface area (Å²) in [6.07, 6.45) is 0.889. The molecule has 0 fully saturated rings. The number of nitrogen functional groups attached to an aromatic ring is 1. The molecule has 0 aliphatic carbocycles. The minimum atomic E-state index is 0.586. The molecule has 0 saturated heterocycles. The molecule has 90 valence electrons. The average Bonchev–Trinajstić information content (AvgIpc) is 2.50. The zero-order chi connectivity index (χ0) is 12.6. The van der Waals surface area contributed by atoms with Crippen LogP contribution in [0.1, 0.15) is 28.1 Å². The molecule has 1 heterocycles. The van der Waals surface area contributed by atoms with Gasteiger partial charge < -0.3 is 10.3 Å². The van der Waals surface area contributed by atoms with E-state index in [4.69, 9.17) is 5.73 Å². The first-order chi connectivity index (χ1) is 7.99. The predicted molar refractivity (Wildman–Crippen MR) is 71.1 cm³/mol. The Morgan fingerprint density at radius 2 is 1.94 bits per heavy atom. The van der Waals surface area contributed by atoms with Crippen LogP contribution in [0.25, 0.3) is 0 Å². The van der Waals surface area contributed by atoms with Crippen LogP contribution in [0.5, 0.6) is 0 Å². The Kier molecular flexibility index (Phi) is 2.92. The second-order valence-corrected chi connectivity index (χ2v) is 4.67. The number of benzene rings is 1. The molecule has 1 aromatic heterocycles. The predicted octanol–water partition coefficient (Wildman–Crippen LogP) is 2.52. The van der Waals surface area contributed by atoms with Gasteiger partial charge >= 0.3 is 0 Å². The quantitative estimate of drug-likeness (QED) is 0.860. The van der Waals surface area contributed by atoms with Crippen molar-refractivity contribution < 1.29 is 0 Å². The summed E-state index contributed by atoms with van der Waals surface area (Å²) in [5, 5.41) is 0. The maximum atomic E-state index is 5.81. The Hall–Kier alpha value is -1.77. The van der Waals surface area contributed by atoms with Crippen molar-refractivity contribution in [3.8, 4) is 0 Å². The van der Waals surface area contributed by atoms with Gasteiger partial charge in [0, 0.05) is 19.2 Å². The summed E-state index contributed by atoms with van der Waals surface area (Å²) in [6.45, 7) is 6.27. The van der Waals surface area contributed by atoms with Gasteiger partial charge in [-0.15, -0.1) is 0 Å². The van der Waals surface area contributed by atoms with Gasteiger partial charge in [-0.1, -0.05) is 23.8 Å². The van der Waals surface area contributed by atoms with E-state index >= 15 is 0 Å². The van der Waals surface area contributed by atoms with Crippen LogP contribution in [0.2, 0.25) is 0 Å². The van der Waals surface area contributed by atoms with E-state index in [-0.39, 0.29) is 0 Å². The van der Waals surface area contributed by atoms with Crippen molar-refractivity contribution in [3.63, 3.8) is 0 Å². The Bertz CT molecular complexity index is 553. The maximum Gasteiger partial charge on any atom is 0.200 e.